The van der Waals surface area contributed by atoms with E-state index in [2.05, 4.69) is 0 Å². The van der Waals surface area contributed by atoms with Gasteiger partial charge in [-0.05, 0) is 12.3 Å². The minimum Gasteiger partial charge on any atom is -0.384 e. The summed E-state index contributed by atoms with van der Waals surface area (Å²) >= 11 is 0. The van der Waals surface area contributed by atoms with E-state index >= 15 is 0 Å². The smallest absolute Gasteiger partial charge is 0.384 e. The van der Waals surface area contributed by atoms with Crippen LogP contribution in [0.5, 0.6) is 0 Å². The van der Waals surface area contributed by atoms with E-state index < -0.39 is 12.3 Å². The van der Waals surface area contributed by atoms with Gasteiger partial charge in [0, 0.05) is 0 Å². The maximum Gasteiger partial charge on any atom is 0.414 e. The number of halogens is 3. The summed E-state index contributed by atoms with van der Waals surface area (Å²) < 4.78 is 35.5. The summed E-state index contributed by atoms with van der Waals surface area (Å²) in [6, 6.07) is 0. The summed E-state index contributed by atoms with van der Waals surface area (Å²) in [6.07, 6.45) is -5.41. The lowest BCUT2D eigenvalue weighted by Crippen LogP contribution is -2.30. The molecule has 0 aliphatic rings. The number of rotatable bonds is 4. The van der Waals surface area contributed by atoms with Crippen molar-refractivity contribution in [2.75, 3.05) is 0 Å². The molecule has 4 heteroatoms. The third-order valence-corrected chi connectivity index (χ3v) is 2.09. The molecule has 0 unspecified atom stereocenters. The quantitative estimate of drug-likeness (QED) is 0.712. The van der Waals surface area contributed by atoms with Crippen LogP contribution in [0.2, 0.25) is 0 Å². The first-order valence-electron chi connectivity index (χ1n) is 4.16. The monoisotopic (exact) mass is 184 g/mol. The Morgan fingerprint density at radius 1 is 1.17 bits per heavy atom. The molecular formula is C8H15F3O. The zero-order chi connectivity index (χ0) is 9.78. The van der Waals surface area contributed by atoms with Crippen LogP contribution in [0.4, 0.5) is 13.2 Å². The molecular weight excluding hydrogens is 169 g/mol. The Balaban J connectivity index is 3.90. The molecule has 0 aliphatic heterocycles. The number of aliphatic hydroxyl groups excluding tert-OH is 1. The predicted molar refractivity (Wildman–Crippen MR) is 40.8 cm³/mol. The minimum absolute atomic E-state index is 0.0263. The average molecular weight is 184 g/mol. The van der Waals surface area contributed by atoms with Crippen LogP contribution in [0.25, 0.3) is 0 Å². The average Bonchev–Trinajstić information content (AvgIpc) is 1.97. The predicted octanol–water partition coefficient (Wildman–Crippen LogP) is 2.74. The second-order valence-corrected chi connectivity index (χ2v) is 2.98. The largest absolute Gasteiger partial charge is 0.414 e. The Labute approximate surface area is 70.6 Å². The van der Waals surface area contributed by atoms with Gasteiger partial charge in [-0.3, -0.25) is 0 Å². The highest BCUT2D eigenvalue weighted by atomic mass is 19.4. The molecule has 0 rings (SSSR count). The van der Waals surface area contributed by atoms with E-state index in [1.807, 2.05) is 13.8 Å². The molecule has 0 heterocycles. The first-order chi connectivity index (χ1) is 5.41. The topological polar surface area (TPSA) is 20.2 Å². The fraction of sp³-hybridized carbons (Fsp3) is 1.00. The molecule has 0 aromatic heterocycles. The van der Waals surface area contributed by atoms with Gasteiger partial charge in [0.25, 0.3) is 0 Å². The van der Waals surface area contributed by atoms with Crippen molar-refractivity contribution in [2.45, 2.75) is 45.4 Å². The Morgan fingerprint density at radius 2 is 1.58 bits per heavy atom. The van der Waals surface area contributed by atoms with Crippen LogP contribution in [0, 0.1) is 5.92 Å². The van der Waals surface area contributed by atoms with Gasteiger partial charge >= 0.3 is 6.18 Å². The van der Waals surface area contributed by atoms with Gasteiger partial charge in [0.15, 0.2) is 0 Å². The number of alkyl halides is 3. The second kappa shape index (κ2) is 4.70. The van der Waals surface area contributed by atoms with Crippen LogP contribution in [0.15, 0.2) is 0 Å². The lowest BCUT2D eigenvalue weighted by molar-refractivity contribution is -0.208. The first-order valence-corrected chi connectivity index (χ1v) is 4.16. The fourth-order valence-corrected chi connectivity index (χ4v) is 1.07. The molecule has 0 radical (unpaired) electrons. The van der Waals surface area contributed by atoms with E-state index in [9.17, 15) is 13.2 Å². The van der Waals surface area contributed by atoms with Gasteiger partial charge in [0.05, 0.1) is 0 Å². The van der Waals surface area contributed by atoms with Gasteiger partial charge in [0.2, 0.25) is 0 Å². The van der Waals surface area contributed by atoms with Crippen molar-refractivity contribution in [1.82, 2.24) is 0 Å². The maximum atomic E-state index is 11.8. The summed E-state index contributed by atoms with van der Waals surface area (Å²) in [5, 5.41) is 8.69. The van der Waals surface area contributed by atoms with E-state index in [0.717, 1.165) is 0 Å². The van der Waals surface area contributed by atoms with Gasteiger partial charge in [-0.2, -0.15) is 13.2 Å². The van der Waals surface area contributed by atoms with Crippen LogP contribution >= 0.6 is 0 Å². The van der Waals surface area contributed by atoms with Crippen molar-refractivity contribution >= 4 is 0 Å². The lowest BCUT2D eigenvalue weighted by atomic mass is 9.96. The number of hydrogen-bond donors (Lipinski definition) is 1. The SMILES string of the molecule is CCC(CC)C[C@H](O)C(F)(F)F. The summed E-state index contributed by atoms with van der Waals surface area (Å²) in [5.41, 5.74) is 0. The van der Waals surface area contributed by atoms with E-state index in [4.69, 9.17) is 5.11 Å². The Kier molecular flexibility index (Phi) is 4.60. The van der Waals surface area contributed by atoms with Crippen LogP contribution in [-0.2, 0) is 0 Å². The highest BCUT2D eigenvalue weighted by molar-refractivity contribution is 4.69. The van der Waals surface area contributed by atoms with E-state index in [1.54, 1.807) is 0 Å². The van der Waals surface area contributed by atoms with Crippen molar-refractivity contribution in [2.24, 2.45) is 5.92 Å². The van der Waals surface area contributed by atoms with Crippen molar-refractivity contribution < 1.29 is 18.3 Å². The van der Waals surface area contributed by atoms with Gasteiger partial charge in [-0.1, -0.05) is 26.7 Å². The molecule has 0 aromatic rings. The summed E-state index contributed by atoms with van der Waals surface area (Å²) in [7, 11) is 0. The normalized spacial score (nSPS) is 15.2. The minimum atomic E-state index is -4.46. The van der Waals surface area contributed by atoms with Gasteiger partial charge in [-0.25, -0.2) is 0 Å². The van der Waals surface area contributed by atoms with Gasteiger partial charge < -0.3 is 5.11 Å². The van der Waals surface area contributed by atoms with Crippen LogP contribution < -0.4 is 0 Å². The summed E-state index contributed by atoms with van der Waals surface area (Å²) in [4.78, 5) is 0. The van der Waals surface area contributed by atoms with Gasteiger partial charge in [-0.15, -0.1) is 0 Å². The Morgan fingerprint density at radius 3 is 1.83 bits per heavy atom. The summed E-state index contributed by atoms with van der Waals surface area (Å²) in [5.74, 6) is -0.0263. The van der Waals surface area contributed by atoms with E-state index in [-0.39, 0.29) is 12.3 Å². The molecule has 1 N–H and O–H groups in total. The van der Waals surface area contributed by atoms with Crippen molar-refractivity contribution in [3.8, 4) is 0 Å². The molecule has 0 amide bonds. The maximum absolute atomic E-state index is 11.8. The number of hydrogen-bond acceptors (Lipinski definition) is 1. The molecule has 74 valence electrons. The highest BCUT2D eigenvalue weighted by Gasteiger charge is 2.38. The van der Waals surface area contributed by atoms with Crippen LogP contribution in [0.3, 0.4) is 0 Å². The molecule has 1 atom stereocenters. The first kappa shape index (κ1) is 11.8. The zero-order valence-electron chi connectivity index (χ0n) is 7.36. The van der Waals surface area contributed by atoms with Gasteiger partial charge in [0.1, 0.15) is 6.10 Å². The molecule has 0 saturated carbocycles. The molecule has 0 aromatic carbocycles. The van der Waals surface area contributed by atoms with E-state index in [0.29, 0.717) is 12.8 Å². The molecule has 1 nitrogen and oxygen atoms in total. The van der Waals surface area contributed by atoms with Crippen molar-refractivity contribution in [1.29, 1.82) is 0 Å². The van der Waals surface area contributed by atoms with Crippen LogP contribution in [0.1, 0.15) is 33.1 Å². The Bertz CT molecular complexity index is 118. The Hall–Kier alpha value is -0.250. The lowest BCUT2D eigenvalue weighted by Gasteiger charge is -2.19. The third-order valence-electron chi connectivity index (χ3n) is 2.09. The highest BCUT2D eigenvalue weighted by Crippen LogP contribution is 2.27. The van der Waals surface area contributed by atoms with Crippen molar-refractivity contribution in [3.63, 3.8) is 0 Å². The molecule has 0 fully saturated rings. The molecule has 0 saturated heterocycles. The summed E-state index contributed by atoms with van der Waals surface area (Å²) in [6.45, 7) is 3.66. The molecule has 0 spiro atoms. The fourth-order valence-electron chi connectivity index (χ4n) is 1.07. The molecule has 0 aliphatic carbocycles. The zero-order valence-corrected chi connectivity index (χ0v) is 7.36. The van der Waals surface area contributed by atoms with Crippen molar-refractivity contribution in [3.05, 3.63) is 0 Å². The molecule has 12 heavy (non-hydrogen) atoms. The van der Waals surface area contributed by atoms with Crippen LogP contribution in [-0.4, -0.2) is 17.4 Å². The van der Waals surface area contributed by atoms with E-state index in [1.165, 1.54) is 0 Å². The second-order valence-electron chi connectivity index (χ2n) is 2.98. The third kappa shape index (κ3) is 3.95. The number of aliphatic hydroxyl groups is 1. The molecule has 0 bridgehead atoms. The standard InChI is InChI=1S/C8H15F3O/c1-3-6(4-2)5-7(12)8(9,10)11/h6-7,12H,3-5H2,1-2H3/t7-/m0/s1.